The third kappa shape index (κ3) is 0.941. The molecule has 0 saturated carbocycles. The van der Waals surface area contributed by atoms with Gasteiger partial charge < -0.3 is 10.2 Å². The van der Waals surface area contributed by atoms with Gasteiger partial charge in [-0.15, -0.1) is 0 Å². The molecule has 46 valence electrons. The van der Waals surface area contributed by atoms with Gasteiger partial charge in [-0.05, 0) is 13.8 Å². The summed E-state index contributed by atoms with van der Waals surface area (Å²) in [5, 5.41) is 3.05. The van der Waals surface area contributed by atoms with Gasteiger partial charge in [0.25, 0.3) is 0 Å². The van der Waals surface area contributed by atoms with Gasteiger partial charge in [-0.2, -0.15) is 0 Å². The molecule has 0 bridgehead atoms. The monoisotopic (exact) mass is 112 g/mol. The van der Waals surface area contributed by atoms with Crippen molar-refractivity contribution in [1.29, 1.82) is 0 Å². The first-order valence-corrected chi connectivity index (χ1v) is 3.10. The molecule has 0 spiro atoms. The lowest BCUT2D eigenvalue weighted by Gasteiger charge is -2.14. The molecule has 0 aliphatic carbocycles. The Labute approximate surface area is 50.2 Å². The van der Waals surface area contributed by atoms with Crippen molar-refractivity contribution in [1.82, 2.24) is 10.2 Å². The number of hydrogen-bond acceptors (Lipinski definition) is 2. The first-order chi connectivity index (χ1) is 3.88. The van der Waals surface area contributed by atoms with Gasteiger partial charge in [0.05, 0.1) is 0 Å². The second-order valence-corrected chi connectivity index (χ2v) is 1.85. The van der Waals surface area contributed by atoms with Gasteiger partial charge >= 0.3 is 0 Å². The molecule has 0 saturated heterocycles. The van der Waals surface area contributed by atoms with Gasteiger partial charge in [0.15, 0.2) is 0 Å². The maximum absolute atomic E-state index is 3.05. The first kappa shape index (κ1) is 5.48. The maximum atomic E-state index is 3.05. The lowest BCUT2D eigenvalue weighted by molar-refractivity contribution is 0.390. The summed E-state index contributed by atoms with van der Waals surface area (Å²) in [6.45, 7) is 6.53. The molecule has 0 radical (unpaired) electrons. The fourth-order valence-electron chi connectivity index (χ4n) is 0.779. The second-order valence-electron chi connectivity index (χ2n) is 1.85. The summed E-state index contributed by atoms with van der Waals surface area (Å²) in [7, 11) is 0. The molecule has 0 unspecified atom stereocenters. The van der Waals surface area contributed by atoms with Crippen LogP contribution in [0.1, 0.15) is 13.8 Å². The highest BCUT2D eigenvalue weighted by atomic mass is 15.3. The Bertz CT molecular complexity index is 103. The Morgan fingerprint density at radius 3 is 2.12 bits per heavy atom. The molecule has 0 aromatic heterocycles. The zero-order valence-corrected chi connectivity index (χ0v) is 5.44. The lowest BCUT2D eigenvalue weighted by Crippen LogP contribution is -2.19. The van der Waals surface area contributed by atoms with E-state index in [1.807, 2.05) is 6.20 Å². The molecule has 0 fully saturated rings. The van der Waals surface area contributed by atoms with Crippen LogP contribution in [0.15, 0.2) is 12.0 Å². The second kappa shape index (κ2) is 2.07. The predicted octanol–water partition coefficient (Wildman–Crippen LogP) is 0.730. The zero-order chi connectivity index (χ0) is 5.98. The molecule has 0 atom stereocenters. The van der Waals surface area contributed by atoms with Crippen molar-refractivity contribution in [3.8, 4) is 0 Å². The summed E-state index contributed by atoms with van der Waals surface area (Å²) in [6.07, 6.45) is 2.02. The normalized spacial score (nSPS) is 14.5. The Morgan fingerprint density at radius 2 is 2.00 bits per heavy atom. The fraction of sp³-hybridized carbons (Fsp3) is 0.667. The largest absolute Gasteiger partial charge is 0.358 e. The summed E-state index contributed by atoms with van der Waals surface area (Å²) in [5.74, 6) is 1.29. The first-order valence-electron chi connectivity index (χ1n) is 3.10. The average Bonchev–Trinajstić information content (AvgIpc) is 2.53. The van der Waals surface area contributed by atoms with Crippen LogP contribution >= 0.6 is 0 Å². The van der Waals surface area contributed by atoms with E-state index in [0.717, 1.165) is 13.1 Å². The van der Waals surface area contributed by atoms with Crippen LogP contribution in [-0.4, -0.2) is 18.0 Å². The molecular formula is C6H12N2. The average molecular weight is 112 g/mol. The van der Waals surface area contributed by atoms with Crippen LogP contribution in [0, 0.1) is 0 Å². The van der Waals surface area contributed by atoms with Gasteiger partial charge in [-0.25, -0.2) is 0 Å². The minimum atomic E-state index is 1.11. The van der Waals surface area contributed by atoms with Gasteiger partial charge in [0.2, 0.25) is 0 Å². The van der Waals surface area contributed by atoms with Gasteiger partial charge in [0.1, 0.15) is 5.82 Å². The van der Waals surface area contributed by atoms with Crippen molar-refractivity contribution < 1.29 is 0 Å². The smallest absolute Gasteiger partial charge is 0.122 e. The number of hydrogen-bond donors (Lipinski definition) is 1. The van der Waals surface area contributed by atoms with E-state index in [1.54, 1.807) is 0 Å². The van der Waals surface area contributed by atoms with E-state index < -0.39 is 0 Å². The van der Waals surface area contributed by atoms with E-state index >= 15 is 0 Å². The minimum Gasteiger partial charge on any atom is -0.358 e. The summed E-state index contributed by atoms with van der Waals surface area (Å²) in [6, 6.07) is 0. The molecule has 1 rings (SSSR count). The van der Waals surface area contributed by atoms with Crippen molar-refractivity contribution in [2.45, 2.75) is 13.8 Å². The van der Waals surface area contributed by atoms with E-state index in [9.17, 15) is 0 Å². The zero-order valence-electron chi connectivity index (χ0n) is 5.44. The molecule has 1 heterocycles. The third-order valence-corrected chi connectivity index (χ3v) is 1.38. The molecule has 0 aromatic rings. The number of rotatable bonds is 3. The summed E-state index contributed by atoms with van der Waals surface area (Å²) < 4.78 is 0. The Morgan fingerprint density at radius 1 is 1.50 bits per heavy atom. The van der Waals surface area contributed by atoms with Crippen molar-refractivity contribution in [3.05, 3.63) is 12.0 Å². The number of nitrogens with zero attached hydrogens (tertiary/aromatic N) is 1. The van der Waals surface area contributed by atoms with Crippen LogP contribution in [0.2, 0.25) is 0 Å². The Balaban J connectivity index is 2.26. The maximum Gasteiger partial charge on any atom is 0.122 e. The summed E-state index contributed by atoms with van der Waals surface area (Å²) >= 11 is 0. The Kier molecular flexibility index (Phi) is 1.42. The van der Waals surface area contributed by atoms with Crippen LogP contribution in [-0.2, 0) is 0 Å². The standard InChI is InChI=1S/C6H12N2/c1-3-8(4-2)6-5-7-6/h5,7H,3-4H2,1-2H3. The molecule has 2 heteroatoms. The van der Waals surface area contributed by atoms with E-state index in [1.165, 1.54) is 5.82 Å². The quantitative estimate of drug-likeness (QED) is 0.582. The number of nitrogens with one attached hydrogen (secondary N) is 1. The van der Waals surface area contributed by atoms with E-state index in [-0.39, 0.29) is 0 Å². The van der Waals surface area contributed by atoms with Crippen LogP contribution in [0.3, 0.4) is 0 Å². The van der Waals surface area contributed by atoms with E-state index in [0.29, 0.717) is 0 Å². The van der Waals surface area contributed by atoms with Crippen molar-refractivity contribution in [2.75, 3.05) is 13.1 Å². The van der Waals surface area contributed by atoms with Crippen molar-refractivity contribution in [3.63, 3.8) is 0 Å². The predicted molar refractivity (Wildman–Crippen MR) is 34.1 cm³/mol. The van der Waals surface area contributed by atoms with Crippen LogP contribution in [0.4, 0.5) is 0 Å². The van der Waals surface area contributed by atoms with Gasteiger partial charge in [0, 0.05) is 19.3 Å². The van der Waals surface area contributed by atoms with Gasteiger partial charge in [-0.1, -0.05) is 0 Å². The molecule has 1 aliphatic rings. The van der Waals surface area contributed by atoms with Crippen LogP contribution in [0.5, 0.6) is 0 Å². The third-order valence-electron chi connectivity index (χ3n) is 1.38. The molecule has 1 aliphatic heterocycles. The fourth-order valence-corrected chi connectivity index (χ4v) is 0.779. The molecule has 8 heavy (non-hydrogen) atoms. The SMILES string of the molecule is CCN(CC)C1=CN1. The molecule has 1 N–H and O–H groups in total. The highest BCUT2D eigenvalue weighted by molar-refractivity contribution is 5.14. The molecule has 2 nitrogen and oxygen atoms in total. The van der Waals surface area contributed by atoms with Crippen LogP contribution in [0.25, 0.3) is 0 Å². The van der Waals surface area contributed by atoms with E-state index in [4.69, 9.17) is 0 Å². The van der Waals surface area contributed by atoms with Gasteiger partial charge in [-0.3, -0.25) is 0 Å². The van der Waals surface area contributed by atoms with E-state index in [2.05, 4.69) is 24.1 Å². The van der Waals surface area contributed by atoms with Crippen LogP contribution < -0.4 is 5.32 Å². The summed E-state index contributed by atoms with van der Waals surface area (Å²) in [4.78, 5) is 2.28. The molecule has 0 amide bonds. The Hall–Kier alpha value is -0.660. The lowest BCUT2D eigenvalue weighted by atomic mass is 10.5. The molecule has 0 aromatic carbocycles. The molecular weight excluding hydrogens is 100 g/mol. The topological polar surface area (TPSA) is 25.2 Å². The van der Waals surface area contributed by atoms with Crippen molar-refractivity contribution in [2.24, 2.45) is 0 Å². The summed E-state index contributed by atoms with van der Waals surface area (Å²) in [5.41, 5.74) is 0. The highest BCUT2D eigenvalue weighted by Crippen LogP contribution is 2.07. The highest BCUT2D eigenvalue weighted by Gasteiger charge is 2.11. The minimum absolute atomic E-state index is 1.11. The van der Waals surface area contributed by atoms with Crippen molar-refractivity contribution >= 4 is 0 Å².